The van der Waals surface area contributed by atoms with Gasteiger partial charge in [-0.1, -0.05) is 60.4 Å². The Balaban J connectivity index is 1.75. The molecule has 2 saturated heterocycles. The molecule has 0 spiro atoms. The number of amides is 2. The lowest BCUT2D eigenvalue weighted by Crippen LogP contribution is -2.64. The average molecular weight is 359 g/mol. The third-order valence-electron chi connectivity index (χ3n) is 5.78. The number of carbonyl (C=O) groups is 1. The van der Waals surface area contributed by atoms with Gasteiger partial charge in [0.05, 0.1) is 0 Å². The smallest absolute Gasteiger partial charge is 0.314 e. The van der Waals surface area contributed by atoms with Crippen LogP contribution >= 0.6 is 0 Å². The maximum absolute atomic E-state index is 11.7. The van der Waals surface area contributed by atoms with Crippen molar-refractivity contribution < 1.29 is 4.79 Å². The first-order valence-corrected chi connectivity index (χ1v) is 9.64. The quantitative estimate of drug-likeness (QED) is 0.795. The van der Waals surface area contributed by atoms with Gasteiger partial charge in [-0.15, -0.1) is 0 Å². The summed E-state index contributed by atoms with van der Waals surface area (Å²) in [6.07, 6.45) is 2.84. The second-order valence-electron chi connectivity index (χ2n) is 7.37. The molecule has 27 heavy (non-hydrogen) atoms. The highest BCUT2D eigenvalue weighted by atomic mass is 16.2. The Morgan fingerprint density at radius 2 is 1.74 bits per heavy atom. The van der Waals surface area contributed by atoms with Gasteiger partial charge in [0, 0.05) is 31.2 Å². The van der Waals surface area contributed by atoms with E-state index in [4.69, 9.17) is 5.73 Å². The molecule has 2 aliphatic heterocycles. The van der Waals surface area contributed by atoms with E-state index in [1.54, 1.807) is 4.90 Å². The van der Waals surface area contributed by atoms with Crippen LogP contribution in [-0.4, -0.2) is 41.5 Å². The normalized spacial score (nSPS) is 25.2. The second-order valence-corrected chi connectivity index (χ2v) is 7.37. The Morgan fingerprint density at radius 3 is 2.37 bits per heavy atom. The SMILES string of the molecule is NC(=O)N1CCCC(C#Cc2ccccc2)(c2ccccc2)N2CCC2C1. The van der Waals surface area contributed by atoms with Gasteiger partial charge in [0.2, 0.25) is 0 Å². The molecule has 138 valence electrons. The van der Waals surface area contributed by atoms with Gasteiger partial charge < -0.3 is 10.6 Å². The number of fused-ring (bicyclic) bond motifs is 1. The van der Waals surface area contributed by atoms with Gasteiger partial charge in [-0.3, -0.25) is 4.90 Å². The van der Waals surface area contributed by atoms with Crippen LogP contribution in [0.5, 0.6) is 0 Å². The van der Waals surface area contributed by atoms with Gasteiger partial charge in [0.25, 0.3) is 0 Å². The Kier molecular flexibility index (Phi) is 4.87. The van der Waals surface area contributed by atoms with Crippen LogP contribution in [0.4, 0.5) is 4.79 Å². The van der Waals surface area contributed by atoms with Crippen molar-refractivity contribution in [3.63, 3.8) is 0 Å². The minimum atomic E-state index is -0.316. The number of nitrogens with two attached hydrogens (primary N) is 1. The van der Waals surface area contributed by atoms with E-state index in [1.165, 1.54) is 5.56 Å². The Morgan fingerprint density at radius 1 is 1.04 bits per heavy atom. The van der Waals surface area contributed by atoms with E-state index in [1.807, 2.05) is 24.3 Å². The summed E-state index contributed by atoms with van der Waals surface area (Å²) in [5, 5.41) is 0. The lowest BCUT2D eigenvalue weighted by molar-refractivity contribution is -0.0280. The van der Waals surface area contributed by atoms with Crippen molar-refractivity contribution in [3.8, 4) is 11.8 Å². The van der Waals surface area contributed by atoms with Gasteiger partial charge in [0.1, 0.15) is 5.54 Å². The lowest BCUT2D eigenvalue weighted by atomic mass is 9.78. The van der Waals surface area contributed by atoms with Crippen LogP contribution in [-0.2, 0) is 5.54 Å². The molecule has 2 aromatic carbocycles. The molecule has 0 bridgehead atoms. The fourth-order valence-electron chi connectivity index (χ4n) is 4.28. The van der Waals surface area contributed by atoms with Gasteiger partial charge in [-0.25, -0.2) is 4.79 Å². The second kappa shape index (κ2) is 7.46. The Bertz CT molecular complexity index is 855. The van der Waals surface area contributed by atoms with E-state index in [2.05, 4.69) is 53.1 Å². The predicted octanol–water partition coefficient (Wildman–Crippen LogP) is 3.18. The lowest BCUT2D eigenvalue weighted by Gasteiger charge is -2.54. The molecule has 2 fully saturated rings. The summed E-state index contributed by atoms with van der Waals surface area (Å²) in [5.74, 6) is 7.08. The van der Waals surface area contributed by atoms with Crippen LogP contribution in [0.3, 0.4) is 0 Å². The van der Waals surface area contributed by atoms with E-state index in [9.17, 15) is 4.79 Å². The van der Waals surface area contributed by atoms with Crippen molar-refractivity contribution >= 4 is 6.03 Å². The van der Waals surface area contributed by atoms with Crippen molar-refractivity contribution in [3.05, 3.63) is 71.8 Å². The highest BCUT2D eigenvalue weighted by Gasteiger charge is 2.47. The first kappa shape index (κ1) is 17.6. The van der Waals surface area contributed by atoms with Crippen LogP contribution in [0.25, 0.3) is 0 Å². The zero-order valence-corrected chi connectivity index (χ0v) is 15.5. The van der Waals surface area contributed by atoms with Gasteiger partial charge >= 0.3 is 6.03 Å². The van der Waals surface area contributed by atoms with E-state index >= 15 is 0 Å². The van der Waals surface area contributed by atoms with Crippen molar-refractivity contribution in [1.82, 2.24) is 9.80 Å². The summed E-state index contributed by atoms with van der Waals surface area (Å²) in [6.45, 7) is 2.38. The van der Waals surface area contributed by atoms with E-state index in [-0.39, 0.29) is 11.6 Å². The van der Waals surface area contributed by atoms with Crippen molar-refractivity contribution in [2.75, 3.05) is 19.6 Å². The van der Waals surface area contributed by atoms with Crippen LogP contribution in [0.1, 0.15) is 30.4 Å². The van der Waals surface area contributed by atoms with Crippen LogP contribution < -0.4 is 5.73 Å². The molecule has 4 heteroatoms. The summed E-state index contributed by atoms with van der Waals surface area (Å²) in [6, 6.07) is 20.7. The molecule has 2 aliphatic rings. The maximum atomic E-state index is 11.7. The zero-order chi connectivity index (χ0) is 18.7. The van der Waals surface area contributed by atoms with Crippen LogP contribution in [0.2, 0.25) is 0 Å². The average Bonchev–Trinajstić information content (AvgIpc) is 2.67. The number of carbonyl (C=O) groups excluding carboxylic acids is 1. The number of benzene rings is 2. The number of primary amides is 1. The number of nitrogens with zero attached hydrogens (tertiary/aromatic N) is 2. The number of urea groups is 1. The topological polar surface area (TPSA) is 49.6 Å². The fraction of sp³-hybridized carbons (Fsp3) is 0.348. The molecule has 2 amide bonds. The standard InChI is InChI=1S/C23H25N3O/c24-22(27)25-16-7-14-23(20-10-5-2-6-11-20,26-17-13-21(26)18-25)15-12-19-8-3-1-4-9-19/h1-6,8-11,21H,7,13-14,16-18H2,(H2,24,27). The monoisotopic (exact) mass is 359 g/mol. The molecule has 2 heterocycles. The molecule has 2 unspecified atom stereocenters. The third kappa shape index (κ3) is 3.43. The van der Waals surface area contributed by atoms with E-state index < -0.39 is 0 Å². The van der Waals surface area contributed by atoms with Crippen molar-refractivity contribution in [1.29, 1.82) is 0 Å². The molecule has 4 rings (SSSR count). The first-order valence-electron chi connectivity index (χ1n) is 9.64. The number of hydrogen-bond acceptors (Lipinski definition) is 2. The molecule has 0 radical (unpaired) electrons. The Labute approximate surface area is 161 Å². The van der Waals surface area contributed by atoms with Gasteiger partial charge in [-0.05, 0) is 37.0 Å². The molecule has 2 N–H and O–H groups in total. The minimum absolute atomic E-state index is 0.308. The molecule has 2 atom stereocenters. The maximum Gasteiger partial charge on any atom is 0.314 e. The fourth-order valence-corrected chi connectivity index (χ4v) is 4.28. The molecule has 4 nitrogen and oxygen atoms in total. The summed E-state index contributed by atoms with van der Waals surface area (Å²) in [4.78, 5) is 16.0. The Hall–Kier alpha value is -2.77. The van der Waals surface area contributed by atoms with Gasteiger partial charge in [0.15, 0.2) is 0 Å². The molecule has 0 aromatic heterocycles. The zero-order valence-electron chi connectivity index (χ0n) is 15.5. The number of rotatable bonds is 1. The van der Waals surface area contributed by atoms with Crippen molar-refractivity contribution in [2.45, 2.75) is 30.8 Å². The largest absolute Gasteiger partial charge is 0.351 e. The summed E-state index contributed by atoms with van der Waals surface area (Å²) in [5.41, 5.74) is 7.53. The van der Waals surface area contributed by atoms with Crippen LogP contribution in [0.15, 0.2) is 60.7 Å². The molecular weight excluding hydrogens is 334 g/mol. The molecular formula is C23H25N3O. The highest BCUT2D eigenvalue weighted by molar-refractivity contribution is 5.72. The highest BCUT2D eigenvalue weighted by Crippen LogP contribution is 2.41. The molecule has 2 aromatic rings. The third-order valence-corrected chi connectivity index (χ3v) is 5.78. The molecule has 0 saturated carbocycles. The summed E-state index contributed by atoms with van der Waals surface area (Å²) >= 11 is 0. The number of hydrogen-bond donors (Lipinski definition) is 1. The van der Waals surface area contributed by atoms with E-state index in [0.29, 0.717) is 19.1 Å². The summed E-state index contributed by atoms with van der Waals surface area (Å²) in [7, 11) is 0. The minimum Gasteiger partial charge on any atom is -0.351 e. The summed E-state index contributed by atoms with van der Waals surface area (Å²) < 4.78 is 0. The van der Waals surface area contributed by atoms with Crippen LogP contribution in [0, 0.1) is 11.8 Å². The predicted molar refractivity (Wildman–Crippen MR) is 107 cm³/mol. The first-order chi connectivity index (χ1) is 13.2. The van der Waals surface area contributed by atoms with Crippen molar-refractivity contribution in [2.24, 2.45) is 5.73 Å². The van der Waals surface area contributed by atoms with E-state index in [0.717, 1.165) is 31.4 Å². The molecule has 0 aliphatic carbocycles. The van der Waals surface area contributed by atoms with Gasteiger partial charge in [-0.2, -0.15) is 0 Å².